The van der Waals surface area contributed by atoms with Crippen LogP contribution in [0.2, 0.25) is 0 Å². The molecular formula is C12H20N4O. The first kappa shape index (κ1) is 12.1. The van der Waals surface area contributed by atoms with Crippen molar-refractivity contribution >= 4 is 11.6 Å². The van der Waals surface area contributed by atoms with Crippen molar-refractivity contribution in [3.05, 3.63) is 11.9 Å². The highest BCUT2D eigenvalue weighted by molar-refractivity contribution is 5.48. The normalized spacial score (nSPS) is 25.0. The van der Waals surface area contributed by atoms with Crippen molar-refractivity contribution < 1.29 is 4.74 Å². The Morgan fingerprint density at radius 3 is 2.94 bits per heavy atom. The summed E-state index contributed by atoms with van der Waals surface area (Å²) < 4.78 is 5.68. The number of ether oxygens (including phenoxy) is 1. The van der Waals surface area contributed by atoms with E-state index >= 15 is 0 Å². The predicted octanol–water partition coefficient (Wildman–Crippen LogP) is 1.37. The van der Waals surface area contributed by atoms with Gasteiger partial charge in [-0.15, -0.1) is 0 Å². The van der Waals surface area contributed by atoms with Crippen molar-refractivity contribution in [1.29, 1.82) is 0 Å². The molecule has 2 atom stereocenters. The van der Waals surface area contributed by atoms with Gasteiger partial charge in [0.25, 0.3) is 0 Å². The average molecular weight is 236 g/mol. The van der Waals surface area contributed by atoms with Gasteiger partial charge < -0.3 is 15.4 Å². The number of nitrogens with zero attached hydrogens (tertiary/aromatic N) is 3. The first-order valence-electron chi connectivity index (χ1n) is 6.09. The van der Waals surface area contributed by atoms with Crippen molar-refractivity contribution in [3.8, 4) is 0 Å². The van der Waals surface area contributed by atoms with E-state index in [1.165, 1.54) is 0 Å². The zero-order valence-electron chi connectivity index (χ0n) is 10.7. The molecule has 2 rings (SSSR count). The zero-order valence-corrected chi connectivity index (χ0v) is 10.7. The summed E-state index contributed by atoms with van der Waals surface area (Å²) in [5, 5.41) is 0. The molecule has 0 aromatic carbocycles. The monoisotopic (exact) mass is 236 g/mol. The lowest BCUT2D eigenvalue weighted by molar-refractivity contribution is 0.0296. The summed E-state index contributed by atoms with van der Waals surface area (Å²) in [6.07, 6.45) is 1.27. The molecule has 0 bridgehead atoms. The van der Waals surface area contributed by atoms with E-state index in [0.29, 0.717) is 17.7 Å². The largest absolute Gasteiger partial charge is 0.384 e. The number of nitrogens with two attached hydrogens (primary N) is 1. The third kappa shape index (κ3) is 2.66. The second-order valence-electron chi connectivity index (χ2n) is 4.56. The van der Waals surface area contributed by atoms with Crippen LogP contribution in [0.1, 0.15) is 26.1 Å². The van der Waals surface area contributed by atoms with Crippen molar-refractivity contribution in [1.82, 2.24) is 9.97 Å². The van der Waals surface area contributed by atoms with Crippen LogP contribution in [-0.2, 0) is 4.74 Å². The highest BCUT2D eigenvalue weighted by Gasteiger charge is 2.26. The van der Waals surface area contributed by atoms with Gasteiger partial charge in [0.1, 0.15) is 17.5 Å². The molecule has 1 saturated heterocycles. The summed E-state index contributed by atoms with van der Waals surface area (Å²) in [4.78, 5) is 10.9. The Balaban J connectivity index is 2.28. The Labute approximate surface area is 102 Å². The van der Waals surface area contributed by atoms with E-state index in [2.05, 4.69) is 28.7 Å². The van der Waals surface area contributed by atoms with Crippen LogP contribution in [0.15, 0.2) is 6.07 Å². The standard InChI is InChI=1S/C12H20N4O/c1-4-10-7-17-8(2)6-16(10)12-5-11(13)14-9(3)15-12/h5,8,10H,4,6-7H2,1-3H3,(H2,13,14,15). The second-order valence-corrected chi connectivity index (χ2v) is 4.56. The fraction of sp³-hybridized carbons (Fsp3) is 0.667. The van der Waals surface area contributed by atoms with Gasteiger partial charge in [-0.2, -0.15) is 0 Å². The number of morpholine rings is 1. The summed E-state index contributed by atoms with van der Waals surface area (Å²) >= 11 is 0. The number of rotatable bonds is 2. The smallest absolute Gasteiger partial charge is 0.134 e. The Bertz CT molecular complexity index is 376. The summed E-state index contributed by atoms with van der Waals surface area (Å²) in [5.41, 5.74) is 5.78. The minimum absolute atomic E-state index is 0.231. The molecule has 0 amide bonds. The minimum atomic E-state index is 0.231. The molecule has 2 N–H and O–H groups in total. The summed E-state index contributed by atoms with van der Waals surface area (Å²) in [7, 11) is 0. The molecule has 5 nitrogen and oxygen atoms in total. The fourth-order valence-electron chi connectivity index (χ4n) is 2.18. The molecule has 2 heterocycles. The average Bonchev–Trinajstić information content (AvgIpc) is 2.27. The van der Waals surface area contributed by atoms with Crippen LogP contribution in [0.3, 0.4) is 0 Å². The van der Waals surface area contributed by atoms with Gasteiger partial charge in [-0.25, -0.2) is 9.97 Å². The topological polar surface area (TPSA) is 64.3 Å². The highest BCUT2D eigenvalue weighted by Crippen LogP contribution is 2.22. The molecule has 2 unspecified atom stereocenters. The molecule has 0 spiro atoms. The molecule has 94 valence electrons. The molecule has 1 fully saturated rings. The van der Waals surface area contributed by atoms with Crippen LogP contribution in [0.5, 0.6) is 0 Å². The van der Waals surface area contributed by atoms with Gasteiger partial charge in [0.15, 0.2) is 0 Å². The third-order valence-corrected chi connectivity index (χ3v) is 3.08. The predicted molar refractivity (Wildman–Crippen MR) is 68.0 cm³/mol. The molecule has 0 saturated carbocycles. The maximum absolute atomic E-state index is 5.78. The quantitative estimate of drug-likeness (QED) is 0.840. The number of anilines is 2. The summed E-state index contributed by atoms with van der Waals surface area (Å²) in [5.74, 6) is 2.16. The Hall–Kier alpha value is -1.36. The van der Waals surface area contributed by atoms with Gasteiger partial charge in [0.05, 0.1) is 18.8 Å². The van der Waals surface area contributed by atoms with Gasteiger partial charge in [-0.3, -0.25) is 0 Å². The zero-order chi connectivity index (χ0) is 12.4. The van der Waals surface area contributed by atoms with Gasteiger partial charge in [0, 0.05) is 12.6 Å². The molecule has 5 heteroatoms. The van der Waals surface area contributed by atoms with Gasteiger partial charge in [0.2, 0.25) is 0 Å². The van der Waals surface area contributed by atoms with E-state index in [1.54, 1.807) is 0 Å². The van der Waals surface area contributed by atoms with Crippen LogP contribution in [0.25, 0.3) is 0 Å². The van der Waals surface area contributed by atoms with Gasteiger partial charge >= 0.3 is 0 Å². The number of aryl methyl sites for hydroxylation is 1. The molecule has 0 radical (unpaired) electrons. The Morgan fingerprint density at radius 1 is 1.53 bits per heavy atom. The first-order chi connectivity index (χ1) is 8.10. The van der Waals surface area contributed by atoms with Gasteiger partial charge in [-0.05, 0) is 20.3 Å². The van der Waals surface area contributed by atoms with E-state index in [4.69, 9.17) is 10.5 Å². The van der Waals surface area contributed by atoms with E-state index in [9.17, 15) is 0 Å². The van der Waals surface area contributed by atoms with Crippen molar-refractivity contribution in [2.75, 3.05) is 23.8 Å². The molecule has 1 aliphatic heterocycles. The SMILES string of the molecule is CCC1COC(C)CN1c1cc(N)nc(C)n1. The molecule has 1 aliphatic rings. The van der Waals surface area contributed by atoms with Crippen LogP contribution in [0, 0.1) is 6.92 Å². The number of nitrogen functional groups attached to an aromatic ring is 1. The Kier molecular flexibility index (Phi) is 3.47. The van der Waals surface area contributed by atoms with E-state index in [1.807, 2.05) is 13.0 Å². The minimum Gasteiger partial charge on any atom is -0.384 e. The second kappa shape index (κ2) is 4.87. The lowest BCUT2D eigenvalue weighted by atomic mass is 10.1. The maximum Gasteiger partial charge on any atom is 0.134 e. The number of hydrogen-bond acceptors (Lipinski definition) is 5. The van der Waals surface area contributed by atoms with E-state index in [0.717, 1.165) is 25.4 Å². The maximum atomic E-state index is 5.78. The molecule has 1 aromatic heterocycles. The van der Waals surface area contributed by atoms with Crippen molar-refractivity contribution in [3.63, 3.8) is 0 Å². The van der Waals surface area contributed by atoms with E-state index in [-0.39, 0.29) is 6.10 Å². The third-order valence-electron chi connectivity index (χ3n) is 3.08. The lowest BCUT2D eigenvalue weighted by Gasteiger charge is -2.39. The van der Waals surface area contributed by atoms with Gasteiger partial charge in [-0.1, -0.05) is 6.92 Å². The summed E-state index contributed by atoms with van der Waals surface area (Å²) in [6, 6.07) is 2.22. The van der Waals surface area contributed by atoms with Crippen molar-refractivity contribution in [2.45, 2.75) is 39.3 Å². The van der Waals surface area contributed by atoms with Crippen LogP contribution in [-0.4, -0.2) is 35.3 Å². The Morgan fingerprint density at radius 2 is 2.29 bits per heavy atom. The molecule has 0 aliphatic carbocycles. The molecule has 17 heavy (non-hydrogen) atoms. The first-order valence-corrected chi connectivity index (χ1v) is 6.09. The number of hydrogen-bond donors (Lipinski definition) is 1. The summed E-state index contributed by atoms with van der Waals surface area (Å²) in [6.45, 7) is 7.71. The molecular weight excluding hydrogens is 216 g/mol. The van der Waals surface area contributed by atoms with Crippen LogP contribution < -0.4 is 10.6 Å². The number of aromatic nitrogens is 2. The fourth-order valence-corrected chi connectivity index (χ4v) is 2.18. The van der Waals surface area contributed by atoms with Crippen molar-refractivity contribution in [2.24, 2.45) is 0 Å². The van der Waals surface area contributed by atoms with Crippen LogP contribution >= 0.6 is 0 Å². The van der Waals surface area contributed by atoms with Crippen LogP contribution in [0.4, 0.5) is 11.6 Å². The van der Waals surface area contributed by atoms with E-state index < -0.39 is 0 Å². The highest BCUT2D eigenvalue weighted by atomic mass is 16.5. The molecule has 1 aromatic rings. The lowest BCUT2D eigenvalue weighted by Crippen LogP contribution is -2.49.